The maximum Gasteiger partial charge on any atom is 0.217 e. The van der Waals surface area contributed by atoms with Crippen molar-refractivity contribution in [2.24, 2.45) is 0 Å². The summed E-state index contributed by atoms with van der Waals surface area (Å²) in [7, 11) is 6.46. The van der Waals surface area contributed by atoms with E-state index in [9.17, 15) is 4.79 Å². The SMILES string of the molecule is COc1ccc2c(c1)[C@H](NC(C)=O)CCc1cc(OC)c(OC)c(OC)c1-2. The molecule has 0 heterocycles. The third-order valence-electron chi connectivity index (χ3n) is 4.90. The van der Waals surface area contributed by atoms with Crippen LogP contribution in [0.2, 0.25) is 0 Å². The van der Waals surface area contributed by atoms with Crippen LogP contribution in [0.3, 0.4) is 0 Å². The van der Waals surface area contributed by atoms with Crippen molar-refractivity contribution in [2.45, 2.75) is 25.8 Å². The van der Waals surface area contributed by atoms with Crippen molar-refractivity contribution in [1.82, 2.24) is 5.32 Å². The highest BCUT2D eigenvalue weighted by Gasteiger charge is 2.29. The van der Waals surface area contributed by atoms with Gasteiger partial charge in [-0.1, -0.05) is 6.07 Å². The zero-order chi connectivity index (χ0) is 19.6. The number of benzene rings is 2. The fourth-order valence-electron chi connectivity index (χ4n) is 3.73. The number of carbonyl (C=O) groups is 1. The molecular weight excluding hydrogens is 346 g/mol. The Hall–Kier alpha value is -2.89. The molecule has 0 aliphatic heterocycles. The lowest BCUT2D eigenvalue weighted by atomic mass is 9.93. The molecule has 6 nitrogen and oxygen atoms in total. The van der Waals surface area contributed by atoms with Gasteiger partial charge in [0.05, 0.1) is 34.5 Å². The number of methoxy groups -OCH3 is 4. The van der Waals surface area contributed by atoms with Crippen molar-refractivity contribution >= 4 is 5.91 Å². The maximum absolute atomic E-state index is 11.8. The molecule has 1 atom stereocenters. The predicted octanol–water partition coefficient (Wildman–Crippen LogP) is 3.51. The van der Waals surface area contributed by atoms with Crippen LogP contribution in [0.5, 0.6) is 23.0 Å². The predicted molar refractivity (Wildman–Crippen MR) is 103 cm³/mol. The van der Waals surface area contributed by atoms with E-state index >= 15 is 0 Å². The van der Waals surface area contributed by atoms with E-state index in [4.69, 9.17) is 18.9 Å². The summed E-state index contributed by atoms with van der Waals surface area (Å²) < 4.78 is 22.2. The van der Waals surface area contributed by atoms with E-state index in [1.807, 2.05) is 24.3 Å². The number of hydrogen-bond acceptors (Lipinski definition) is 5. The average molecular weight is 371 g/mol. The van der Waals surface area contributed by atoms with Crippen LogP contribution in [-0.4, -0.2) is 34.3 Å². The fourth-order valence-corrected chi connectivity index (χ4v) is 3.73. The van der Waals surface area contributed by atoms with Crippen molar-refractivity contribution in [3.8, 4) is 34.1 Å². The van der Waals surface area contributed by atoms with Gasteiger partial charge in [0.2, 0.25) is 11.7 Å². The van der Waals surface area contributed by atoms with E-state index in [1.165, 1.54) is 6.92 Å². The van der Waals surface area contributed by atoms with Gasteiger partial charge in [0.15, 0.2) is 11.5 Å². The Morgan fingerprint density at radius 1 is 1.00 bits per heavy atom. The zero-order valence-corrected chi connectivity index (χ0v) is 16.3. The smallest absolute Gasteiger partial charge is 0.217 e. The van der Waals surface area contributed by atoms with Crippen LogP contribution in [0, 0.1) is 0 Å². The molecule has 1 N–H and O–H groups in total. The molecule has 2 aromatic carbocycles. The molecular formula is C21H25NO5. The number of hydrogen-bond donors (Lipinski definition) is 1. The molecule has 0 aromatic heterocycles. The molecule has 0 radical (unpaired) electrons. The van der Waals surface area contributed by atoms with E-state index in [-0.39, 0.29) is 11.9 Å². The largest absolute Gasteiger partial charge is 0.497 e. The Morgan fingerprint density at radius 3 is 2.33 bits per heavy atom. The molecule has 0 spiro atoms. The highest BCUT2D eigenvalue weighted by Crippen LogP contribution is 2.50. The summed E-state index contributed by atoms with van der Waals surface area (Å²) >= 11 is 0. The van der Waals surface area contributed by atoms with Gasteiger partial charge in [-0.25, -0.2) is 0 Å². The Morgan fingerprint density at radius 2 is 1.74 bits per heavy atom. The van der Waals surface area contributed by atoms with E-state index in [0.29, 0.717) is 17.2 Å². The average Bonchev–Trinajstić information content (AvgIpc) is 2.82. The molecule has 0 saturated carbocycles. The summed E-state index contributed by atoms with van der Waals surface area (Å²) in [5, 5.41) is 3.06. The molecule has 0 unspecified atom stereocenters. The maximum atomic E-state index is 11.8. The Balaban J connectivity index is 2.30. The molecule has 1 amide bonds. The number of amides is 1. The minimum atomic E-state index is -0.123. The lowest BCUT2D eigenvalue weighted by Crippen LogP contribution is -2.26. The van der Waals surface area contributed by atoms with Gasteiger partial charge >= 0.3 is 0 Å². The minimum absolute atomic E-state index is 0.0677. The quantitative estimate of drug-likeness (QED) is 0.871. The van der Waals surface area contributed by atoms with Gasteiger partial charge in [0.25, 0.3) is 0 Å². The van der Waals surface area contributed by atoms with Crippen molar-refractivity contribution < 1.29 is 23.7 Å². The highest BCUT2D eigenvalue weighted by atomic mass is 16.5. The van der Waals surface area contributed by atoms with Crippen molar-refractivity contribution in [2.75, 3.05) is 28.4 Å². The lowest BCUT2D eigenvalue weighted by Gasteiger charge is -2.21. The lowest BCUT2D eigenvalue weighted by molar-refractivity contribution is -0.119. The van der Waals surface area contributed by atoms with Crippen LogP contribution in [0.1, 0.15) is 30.5 Å². The van der Waals surface area contributed by atoms with Crippen LogP contribution in [0.15, 0.2) is 24.3 Å². The van der Waals surface area contributed by atoms with Gasteiger partial charge < -0.3 is 24.3 Å². The second-order valence-electron chi connectivity index (χ2n) is 6.42. The molecule has 0 bridgehead atoms. The third kappa shape index (κ3) is 3.39. The summed E-state index contributed by atoms with van der Waals surface area (Å²) in [5.74, 6) is 2.48. The molecule has 3 rings (SSSR count). The van der Waals surface area contributed by atoms with Gasteiger partial charge in [-0.15, -0.1) is 0 Å². The highest BCUT2D eigenvalue weighted by molar-refractivity contribution is 5.84. The van der Waals surface area contributed by atoms with Gasteiger partial charge in [0.1, 0.15) is 5.75 Å². The number of aryl methyl sites for hydroxylation is 1. The normalized spacial score (nSPS) is 15.1. The molecule has 0 fully saturated rings. The second-order valence-corrected chi connectivity index (χ2v) is 6.42. The number of ether oxygens (including phenoxy) is 4. The Bertz CT molecular complexity index is 862. The minimum Gasteiger partial charge on any atom is -0.497 e. The molecule has 1 aliphatic rings. The number of rotatable bonds is 5. The van der Waals surface area contributed by atoms with Crippen LogP contribution in [0.4, 0.5) is 0 Å². The number of nitrogens with one attached hydrogen (secondary N) is 1. The summed E-state index contributed by atoms with van der Waals surface area (Å²) in [6.45, 7) is 1.53. The standard InChI is InChI=1S/C21H25NO5/c1-12(23)22-17-9-6-13-10-18(25-3)20(26-4)21(27-5)19(13)15-8-7-14(24-2)11-16(15)17/h7-8,10-11,17H,6,9H2,1-5H3,(H,22,23)/t17-/m1/s1. The topological polar surface area (TPSA) is 66.0 Å². The molecule has 0 saturated heterocycles. The Labute approximate surface area is 159 Å². The van der Waals surface area contributed by atoms with Crippen molar-refractivity contribution in [3.63, 3.8) is 0 Å². The Kier molecular flexibility index (Phi) is 5.44. The first-order valence-corrected chi connectivity index (χ1v) is 8.81. The van der Waals surface area contributed by atoms with Crippen LogP contribution >= 0.6 is 0 Å². The second kappa shape index (κ2) is 7.78. The molecule has 1 aliphatic carbocycles. The van der Waals surface area contributed by atoms with Gasteiger partial charge in [-0.05, 0) is 47.7 Å². The zero-order valence-electron chi connectivity index (χ0n) is 16.3. The summed E-state index contributed by atoms with van der Waals surface area (Å²) in [6, 6.07) is 7.75. The first kappa shape index (κ1) is 18.9. The van der Waals surface area contributed by atoms with Crippen molar-refractivity contribution in [3.05, 3.63) is 35.4 Å². The van der Waals surface area contributed by atoms with Crippen LogP contribution in [-0.2, 0) is 11.2 Å². The fraction of sp³-hybridized carbons (Fsp3) is 0.381. The molecule has 144 valence electrons. The molecule has 6 heteroatoms. The van der Waals surface area contributed by atoms with E-state index in [1.54, 1.807) is 28.4 Å². The van der Waals surface area contributed by atoms with Crippen molar-refractivity contribution in [1.29, 1.82) is 0 Å². The first-order chi connectivity index (χ1) is 13.0. The monoisotopic (exact) mass is 371 g/mol. The van der Waals surface area contributed by atoms with E-state index < -0.39 is 0 Å². The van der Waals surface area contributed by atoms with Crippen LogP contribution in [0.25, 0.3) is 11.1 Å². The summed E-state index contributed by atoms with van der Waals surface area (Å²) in [6.07, 6.45) is 1.51. The first-order valence-electron chi connectivity index (χ1n) is 8.81. The van der Waals surface area contributed by atoms with E-state index in [2.05, 4.69) is 5.32 Å². The number of carbonyl (C=O) groups excluding carboxylic acids is 1. The van der Waals surface area contributed by atoms with Gasteiger partial charge in [-0.2, -0.15) is 0 Å². The summed E-state index contributed by atoms with van der Waals surface area (Å²) in [5.41, 5.74) is 4.03. The van der Waals surface area contributed by atoms with E-state index in [0.717, 1.165) is 40.8 Å². The molecule has 2 aromatic rings. The molecule has 27 heavy (non-hydrogen) atoms. The number of fused-ring (bicyclic) bond motifs is 3. The van der Waals surface area contributed by atoms with Crippen LogP contribution < -0.4 is 24.3 Å². The third-order valence-corrected chi connectivity index (χ3v) is 4.90. The van der Waals surface area contributed by atoms with Gasteiger partial charge in [0, 0.05) is 12.5 Å². The van der Waals surface area contributed by atoms with Gasteiger partial charge in [-0.3, -0.25) is 4.79 Å². The summed E-state index contributed by atoms with van der Waals surface area (Å²) in [4.78, 5) is 11.8.